The number of ether oxygens (including phenoxy) is 1. The maximum absolute atomic E-state index is 12.9. The molecule has 1 aromatic carbocycles. The highest BCUT2D eigenvalue weighted by Crippen LogP contribution is 2.22. The Labute approximate surface area is 182 Å². The fourth-order valence-electron chi connectivity index (χ4n) is 3.22. The summed E-state index contributed by atoms with van der Waals surface area (Å²) in [6.07, 6.45) is 3.23. The van der Waals surface area contributed by atoms with Gasteiger partial charge in [0.15, 0.2) is 0 Å². The molecule has 10 heteroatoms. The number of anilines is 1. The van der Waals surface area contributed by atoms with E-state index in [1.807, 2.05) is 0 Å². The first-order chi connectivity index (χ1) is 15.1. The van der Waals surface area contributed by atoms with E-state index in [9.17, 15) is 14.0 Å². The molecule has 0 unspecified atom stereocenters. The summed E-state index contributed by atoms with van der Waals surface area (Å²) in [5.74, 6) is 0.635. The summed E-state index contributed by atoms with van der Waals surface area (Å²) >= 11 is 1.47. The zero-order valence-electron chi connectivity index (χ0n) is 16.5. The van der Waals surface area contributed by atoms with Crippen LogP contribution >= 0.6 is 11.3 Å². The lowest BCUT2D eigenvalue weighted by atomic mass is 10.2. The second-order valence-corrected chi connectivity index (χ2v) is 7.78. The first-order valence-corrected chi connectivity index (χ1v) is 10.5. The van der Waals surface area contributed by atoms with Gasteiger partial charge in [-0.05, 0) is 29.8 Å². The highest BCUT2D eigenvalue weighted by molar-refractivity contribution is 7.09. The van der Waals surface area contributed by atoms with Crippen molar-refractivity contribution < 1.29 is 18.7 Å². The van der Waals surface area contributed by atoms with Crippen LogP contribution in [0.2, 0.25) is 0 Å². The molecule has 0 atom stereocenters. The van der Waals surface area contributed by atoms with E-state index >= 15 is 0 Å². The van der Waals surface area contributed by atoms with Gasteiger partial charge in [0, 0.05) is 42.5 Å². The Bertz CT molecular complexity index is 1050. The maximum atomic E-state index is 12.9. The molecule has 1 aliphatic rings. The van der Waals surface area contributed by atoms with Gasteiger partial charge in [-0.3, -0.25) is 14.7 Å². The van der Waals surface area contributed by atoms with E-state index in [1.54, 1.807) is 57.9 Å². The average molecular weight is 441 g/mol. The Morgan fingerprint density at radius 1 is 1.23 bits per heavy atom. The molecule has 31 heavy (non-hydrogen) atoms. The number of halogens is 1. The number of carbonyl (C=O) groups is 2. The minimum atomic E-state index is -0.881. The molecule has 160 valence electrons. The first-order valence-electron chi connectivity index (χ1n) is 9.60. The number of alkyl halides is 1. The summed E-state index contributed by atoms with van der Waals surface area (Å²) in [6.45, 7) is 0.938. The van der Waals surface area contributed by atoms with Gasteiger partial charge in [-0.2, -0.15) is 0 Å². The molecule has 3 heterocycles. The van der Waals surface area contributed by atoms with E-state index in [2.05, 4.69) is 15.3 Å². The molecule has 0 radical (unpaired) electrons. The number of nitrogens with zero attached hydrogens (tertiary/aromatic N) is 4. The number of carbonyl (C=O) groups excluding carboxylic acids is 2. The summed E-state index contributed by atoms with van der Waals surface area (Å²) < 4.78 is 17.0. The number of urea groups is 1. The molecular formula is C21H20FN5O3S. The van der Waals surface area contributed by atoms with Crippen LogP contribution in [-0.2, 0) is 13.1 Å². The first kappa shape index (κ1) is 20.7. The van der Waals surface area contributed by atoms with Gasteiger partial charge in [0.05, 0.1) is 12.1 Å². The van der Waals surface area contributed by atoms with Crippen LogP contribution in [0, 0.1) is 0 Å². The lowest BCUT2D eigenvalue weighted by Crippen LogP contribution is -2.32. The number of thiazole rings is 1. The standard InChI is InChI=1S/C21H20FN5O3S/c22-13-30-17-3-1-15(2-4-17)12-26-7-8-27(21(26)29)19-9-16(5-6-24-19)20(28)25-11-18-10-23-14-31-18/h1-6,9-10,14H,7-8,11-13H2,(H,25,28). The molecule has 0 bridgehead atoms. The van der Waals surface area contributed by atoms with Crippen molar-refractivity contribution in [2.24, 2.45) is 0 Å². The Kier molecular flexibility index (Phi) is 6.37. The number of hydrogen-bond donors (Lipinski definition) is 1. The predicted molar refractivity (Wildman–Crippen MR) is 114 cm³/mol. The van der Waals surface area contributed by atoms with Crippen LogP contribution in [0.4, 0.5) is 15.0 Å². The molecule has 1 saturated heterocycles. The van der Waals surface area contributed by atoms with Crippen LogP contribution in [0.15, 0.2) is 54.3 Å². The fraction of sp³-hybridized carbons (Fsp3) is 0.238. The van der Waals surface area contributed by atoms with E-state index in [0.717, 1.165) is 10.4 Å². The highest BCUT2D eigenvalue weighted by atomic mass is 32.1. The van der Waals surface area contributed by atoms with E-state index < -0.39 is 6.86 Å². The smallest absolute Gasteiger partial charge is 0.326 e. The number of aromatic nitrogens is 2. The van der Waals surface area contributed by atoms with Crippen molar-refractivity contribution in [3.05, 3.63) is 70.3 Å². The number of hydrogen-bond acceptors (Lipinski definition) is 6. The largest absolute Gasteiger partial charge is 0.463 e. The molecule has 3 amide bonds. The van der Waals surface area contributed by atoms with Gasteiger partial charge in [-0.1, -0.05) is 12.1 Å². The zero-order valence-corrected chi connectivity index (χ0v) is 17.3. The average Bonchev–Trinajstić information content (AvgIpc) is 3.44. The van der Waals surface area contributed by atoms with Crippen molar-refractivity contribution in [1.82, 2.24) is 20.2 Å². The molecule has 0 spiro atoms. The SMILES string of the molecule is O=C(NCc1cncs1)c1ccnc(N2CCN(Cc3ccc(OCF)cc3)C2=O)c1. The molecule has 4 rings (SSSR count). The van der Waals surface area contributed by atoms with E-state index in [0.29, 0.717) is 43.3 Å². The Morgan fingerprint density at radius 2 is 2.06 bits per heavy atom. The highest BCUT2D eigenvalue weighted by Gasteiger charge is 2.30. The van der Waals surface area contributed by atoms with E-state index in [1.165, 1.54) is 17.5 Å². The molecule has 1 N–H and O–H groups in total. The predicted octanol–water partition coefficient (Wildman–Crippen LogP) is 3.22. The minimum absolute atomic E-state index is 0.182. The quantitative estimate of drug-likeness (QED) is 0.580. The molecule has 3 aromatic rings. The van der Waals surface area contributed by atoms with Crippen molar-refractivity contribution >= 4 is 29.1 Å². The van der Waals surface area contributed by atoms with Gasteiger partial charge >= 0.3 is 6.03 Å². The number of amides is 3. The molecule has 1 fully saturated rings. The third-order valence-electron chi connectivity index (χ3n) is 4.80. The summed E-state index contributed by atoms with van der Waals surface area (Å²) in [7, 11) is 0. The maximum Gasteiger partial charge on any atom is 0.326 e. The van der Waals surface area contributed by atoms with Crippen molar-refractivity contribution in [3.63, 3.8) is 0 Å². The number of rotatable bonds is 8. The van der Waals surface area contributed by atoms with E-state index in [-0.39, 0.29) is 11.9 Å². The van der Waals surface area contributed by atoms with Crippen LogP contribution in [-0.4, -0.2) is 46.8 Å². The summed E-state index contributed by atoms with van der Waals surface area (Å²) in [5.41, 5.74) is 3.05. The van der Waals surface area contributed by atoms with Gasteiger partial charge in [-0.15, -0.1) is 11.3 Å². The lowest BCUT2D eigenvalue weighted by molar-refractivity contribution is 0.0951. The number of nitrogens with one attached hydrogen (secondary N) is 1. The van der Waals surface area contributed by atoms with Crippen molar-refractivity contribution in [2.75, 3.05) is 24.9 Å². The van der Waals surface area contributed by atoms with Gasteiger partial charge in [0.1, 0.15) is 11.6 Å². The number of benzene rings is 1. The Balaban J connectivity index is 1.39. The molecule has 0 saturated carbocycles. The molecular weight excluding hydrogens is 421 g/mol. The Hall–Kier alpha value is -3.53. The topological polar surface area (TPSA) is 87.7 Å². The summed E-state index contributed by atoms with van der Waals surface area (Å²) in [5, 5.41) is 2.84. The zero-order chi connectivity index (χ0) is 21.6. The summed E-state index contributed by atoms with van der Waals surface area (Å²) in [6, 6.07) is 9.99. The van der Waals surface area contributed by atoms with Crippen LogP contribution in [0.25, 0.3) is 0 Å². The second-order valence-electron chi connectivity index (χ2n) is 6.81. The van der Waals surface area contributed by atoms with Crippen molar-refractivity contribution in [2.45, 2.75) is 13.1 Å². The van der Waals surface area contributed by atoms with E-state index in [4.69, 9.17) is 4.74 Å². The van der Waals surface area contributed by atoms with Crippen molar-refractivity contribution in [3.8, 4) is 5.75 Å². The monoisotopic (exact) mass is 441 g/mol. The van der Waals surface area contributed by atoms with Crippen LogP contribution in [0.5, 0.6) is 5.75 Å². The lowest BCUT2D eigenvalue weighted by Gasteiger charge is -2.18. The third-order valence-corrected chi connectivity index (χ3v) is 5.58. The molecule has 1 aliphatic heterocycles. The van der Waals surface area contributed by atoms with Crippen LogP contribution in [0.1, 0.15) is 20.8 Å². The van der Waals surface area contributed by atoms with Crippen molar-refractivity contribution in [1.29, 1.82) is 0 Å². The second kappa shape index (κ2) is 9.52. The van der Waals surface area contributed by atoms with Gasteiger partial charge in [0.2, 0.25) is 6.86 Å². The minimum Gasteiger partial charge on any atom is -0.463 e. The van der Waals surface area contributed by atoms with Gasteiger partial charge in [-0.25, -0.2) is 14.2 Å². The van der Waals surface area contributed by atoms with Gasteiger partial charge in [0.25, 0.3) is 5.91 Å². The number of pyridine rings is 1. The van der Waals surface area contributed by atoms with Crippen LogP contribution < -0.4 is 15.0 Å². The molecule has 2 aromatic heterocycles. The third kappa shape index (κ3) is 4.97. The summed E-state index contributed by atoms with van der Waals surface area (Å²) in [4.78, 5) is 37.8. The van der Waals surface area contributed by atoms with Crippen LogP contribution in [0.3, 0.4) is 0 Å². The normalized spacial score (nSPS) is 13.5. The Morgan fingerprint density at radius 3 is 2.81 bits per heavy atom. The molecule has 8 nitrogen and oxygen atoms in total. The molecule has 0 aliphatic carbocycles. The fourth-order valence-corrected chi connectivity index (χ4v) is 3.76. The van der Waals surface area contributed by atoms with Gasteiger partial charge < -0.3 is 15.0 Å².